The van der Waals surface area contributed by atoms with Gasteiger partial charge in [0.05, 0.1) is 22.1 Å². The standard InChI is InChI=1S/C30H33ClF5N7O/c31-21-4-5-22-20(3-6-24(41-22)43-12-8-28(18-43)7-1-2-11-40-28)25(21)26(44)37-17-23(42-13-9-29(32,33)10-14-42)19-15-38-27(39-16-19)30(34,35)36/h3-6,15-16,23,40H,1-2,7-14,17-18H2,(H,37,44). The molecular formula is C30H33ClF5N7O. The van der Waals surface area contributed by atoms with Gasteiger partial charge in [0, 0.05) is 74.4 Å². The summed E-state index contributed by atoms with van der Waals surface area (Å²) >= 11 is 6.51. The summed E-state index contributed by atoms with van der Waals surface area (Å²) in [4.78, 5) is 29.3. The highest BCUT2D eigenvalue weighted by atomic mass is 35.5. The molecule has 3 aromatic rings. The van der Waals surface area contributed by atoms with E-state index in [4.69, 9.17) is 16.6 Å². The van der Waals surface area contributed by atoms with Crippen LogP contribution in [0, 0.1) is 0 Å². The van der Waals surface area contributed by atoms with Gasteiger partial charge >= 0.3 is 6.18 Å². The Kier molecular flexibility index (Phi) is 8.40. The number of halogens is 6. The number of carbonyl (C=O) groups is 1. The van der Waals surface area contributed by atoms with Crippen LogP contribution in [0.25, 0.3) is 10.9 Å². The van der Waals surface area contributed by atoms with Gasteiger partial charge in [-0.2, -0.15) is 13.2 Å². The summed E-state index contributed by atoms with van der Waals surface area (Å²) < 4.78 is 67.0. The fraction of sp³-hybridized carbons (Fsp3) is 0.533. The first-order valence-corrected chi connectivity index (χ1v) is 15.2. The number of hydrogen-bond donors (Lipinski definition) is 2. The number of benzene rings is 1. The van der Waals surface area contributed by atoms with Crippen LogP contribution in [-0.2, 0) is 6.18 Å². The number of anilines is 1. The summed E-state index contributed by atoms with van der Waals surface area (Å²) in [7, 11) is 0. The molecule has 3 aliphatic rings. The largest absolute Gasteiger partial charge is 0.451 e. The maximum absolute atomic E-state index is 13.9. The minimum Gasteiger partial charge on any atom is -0.355 e. The molecule has 0 bridgehead atoms. The summed E-state index contributed by atoms with van der Waals surface area (Å²) in [5, 5.41) is 7.28. The summed E-state index contributed by atoms with van der Waals surface area (Å²) in [6.07, 6.45) is 1.09. The Bertz CT molecular complexity index is 1500. The topological polar surface area (TPSA) is 86.3 Å². The molecule has 3 saturated heterocycles. The van der Waals surface area contributed by atoms with Crippen LogP contribution in [0.2, 0.25) is 5.02 Å². The predicted molar refractivity (Wildman–Crippen MR) is 156 cm³/mol. The number of alkyl halides is 5. The number of fused-ring (bicyclic) bond motifs is 1. The highest BCUT2D eigenvalue weighted by Crippen LogP contribution is 2.35. The number of nitrogens with one attached hydrogen (secondary N) is 2. The van der Waals surface area contributed by atoms with Gasteiger partial charge in [0.2, 0.25) is 5.82 Å². The second-order valence-corrected chi connectivity index (χ2v) is 12.4. The normalized spacial score (nSPS) is 23.3. The zero-order chi connectivity index (χ0) is 31.1. The molecule has 2 aromatic heterocycles. The Morgan fingerprint density at radius 2 is 1.77 bits per heavy atom. The lowest BCUT2D eigenvalue weighted by Gasteiger charge is -2.37. The van der Waals surface area contributed by atoms with Crippen molar-refractivity contribution in [3.05, 3.63) is 58.6 Å². The number of piperidine rings is 2. The van der Waals surface area contributed by atoms with E-state index >= 15 is 0 Å². The molecular weight excluding hydrogens is 605 g/mol. The SMILES string of the molecule is O=C(NCC(c1cnc(C(F)(F)F)nc1)N1CCC(F)(F)CC1)c1c(Cl)ccc2nc(N3CCC4(CCCCN4)C3)ccc12. The molecule has 6 rings (SSSR count). The zero-order valence-corrected chi connectivity index (χ0v) is 24.7. The van der Waals surface area contributed by atoms with E-state index in [1.165, 1.54) is 12.8 Å². The molecule has 2 unspecified atom stereocenters. The monoisotopic (exact) mass is 637 g/mol. The van der Waals surface area contributed by atoms with Crippen molar-refractivity contribution in [2.45, 2.75) is 62.2 Å². The number of likely N-dealkylation sites (tertiary alicyclic amines) is 1. The Morgan fingerprint density at radius 3 is 2.45 bits per heavy atom. The quantitative estimate of drug-likeness (QED) is 0.339. The van der Waals surface area contributed by atoms with E-state index in [0.29, 0.717) is 10.9 Å². The van der Waals surface area contributed by atoms with Crippen molar-refractivity contribution in [2.24, 2.45) is 0 Å². The van der Waals surface area contributed by atoms with Crippen LogP contribution in [0.15, 0.2) is 36.7 Å². The number of hydrogen-bond acceptors (Lipinski definition) is 7. The molecule has 2 atom stereocenters. The van der Waals surface area contributed by atoms with Crippen molar-refractivity contribution in [2.75, 3.05) is 44.2 Å². The van der Waals surface area contributed by atoms with Crippen molar-refractivity contribution in [1.82, 2.24) is 30.5 Å². The summed E-state index contributed by atoms with van der Waals surface area (Å²) in [5.41, 5.74) is 1.19. The average molecular weight is 638 g/mol. The van der Waals surface area contributed by atoms with Gasteiger partial charge in [0.1, 0.15) is 5.82 Å². The van der Waals surface area contributed by atoms with Crippen LogP contribution in [-0.4, -0.2) is 76.5 Å². The molecule has 8 nitrogen and oxygen atoms in total. The Balaban J connectivity index is 1.21. The first kappa shape index (κ1) is 30.8. The Morgan fingerprint density at radius 1 is 1.02 bits per heavy atom. The van der Waals surface area contributed by atoms with Gasteiger partial charge in [0.15, 0.2) is 0 Å². The number of amides is 1. The van der Waals surface area contributed by atoms with Crippen LogP contribution in [0.3, 0.4) is 0 Å². The van der Waals surface area contributed by atoms with Crippen molar-refractivity contribution >= 4 is 34.2 Å². The summed E-state index contributed by atoms with van der Waals surface area (Å²) in [6.45, 7) is 2.66. The molecule has 1 aromatic carbocycles. The number of pyridine rings is 1. The van der Waals surface area contributed by atoms with Gasteiger partial charge in [-0.3, -0.25) is 9.69 Å². The van der Waals surface area contributed by atoms with Crippen LogP contribution in [0.1, 0.15) is 66.3 Å². The van der Waals surface area contributed by atoms with Gasteiger partial charge < -0.3 is 15.5 Å². The van der Waals surface area contributed by atoms with Gasteiger partial charge in [-0.1, -0.05) is 18.0 Å². The highest BCUT2D eigenvalue weighted by molar-refractivity contribution is 6.35. The zero-order valence-electron chi connectivity index (χ0n) is 23.9. The third-order valence-corrected chi connectivity index (χ3v) is 9.34. The minimum atomic E-state index is -4.72. The van der Waals surface area contributed by atoms with Crippen LogP contribution < -0.4 is 15.5 Å². The second kappa shape index (κ2) is 12.0. The molecule has 0 saturated carbocycles. The maximum atomic E-state index is 13.9. The van der Waals surface area contributed by atoms with Gasteiger partial charge in [-0.15, -0.1) is 0 Å². The molecule has 3 aliphatic heterocycles. The fourth-order valence-electron chi connectivity index (χ4n) is 6.58. The van der Waals surface area contributed by atoms with Crippen molar-refractivity contribution < 1.29 is 26.7 Å². The fourth-order valence-corrected chi connectivity index (χ4v) is 6.83. The number of carbonyl (C=O) groups excluding carboxylic acids is 1. The van der Waals surface area contributed by atoms with E-state index in [0.717, 1.165) is 50.7 Å². The van der Waals surface area contributed by atoms with Crippen LogP contribution in [0.5, 0.6) is 0 Å². The lowest BCUT2D eigenvalue weighted by Crippen LogP contribution is -2.50. The Hall–Kier alpha value is -3.16. The molecule has 2 N–H and O–H groups in total. The third-order valence-electron chi connectivity index (χ3n) is 9.03. The summed E-state index contributed by atoms with van der Waals surface area (Å²) in [6, 6.07) is 6.35. The van der Waals surface area contributed by atoms with Crippen LogP contribution >= 0.6 is 11.6 Å². The first-order chi connectivity index (χ1) is 20.9. The van der Waals surface area contributed by atoms with E-state index in [9.17, 15) is 26.7 Å². The predicted octanol–water partition coefficient (Wildman–Crippen LogP) is 5.62. The maximum Gasteiger partial charge on any atom is 0.451 e. The second-order valence-electron chi connectivity index (χ2n) is 11.9. The molecule has 1 spiro atoms. The third kappa shape index (κ3) is 6.45. The van der Waals surface area contributed by atoms with E-state index in [-0.39, 0.29) is 41.3 Å². The number of nitrogens with zero attached hydrogens (tertiary/aromatic N) is 5. The molecule has 14 heteroatoms. The molecule has 44 heavy (non-hydrogen) atoms. The van der Waals surface area contributed by atoms with E-state index < -0.39 is 42.7 Å². The lowest BCUT2D eigenvalue weighted by atomic mass is 9.88. The smallest absolute Gasteiger partial charge is 0.355 e. The molecule has 3 fully saturated rings. The first-order valence-electron chi connectivity index (χ1n) is 14.8. The average Bonchev–Trinajstić information content (AvgIpc) is 3.40. The Labute approximate surface area is 256 Å². The van der Waals surface area contributed by atoms with Gasteiger partial charge in [-0.05, 0) is 50.1 Å². The summed E-state index contributed by atoms with van der Waals surface area (Å²) in [5.74, 6) is -3.82. The van der Waals surface area contributed by atoms with E-state index in [1.807, 2.05) is 12.1 Å². The number of aromatic nitrogens is 3. The highest BCUT2D eigenvalue weighted by Gasteiger charge is 2.40. The molecule has 1 amide bonds. The lowest BCUT2D eigenvalue weighted by molar-refractivity contribution is -0.145. The molecule has 0 aliphatic carbocycles. The van der Waals surface area contributed by atoms with Gasteiger partial charge in [0.25, 0.3) is 11.8 Å². The van der Waals surface area contributed by atoms with Crippen LogP contribution in [0.4, 0.5) is 27.8 Å². The van der Waals surface area contributed by atoms with Gasteiger partial charge in [-0.25, -0.2) is 23.7 Å². The van der Waals surface area contributed by atoms with E-state index in [1.54, 1.807) is 17.0 Å². The molecule has 0 radical (unpaired) electrons. The molecule has 236 valence electrons. The van der Waals surface area contributed by atoms with E-state index in [2.05, 4.69) is 25.5 Å². The van der Waals surface area contributed by atoms with Crippen molar-refractivity contribution in [3.63, 3.8) is 0 Å². The minimum absolute atomic E-state index is 0.0103. The van der Waals surface area contributed by atoms with Crippen molar-refractivity contribution in [1.29, 1.82) is 0 Å². The molecule has 5 heterocycles. The number of rotatable bonds is 6. The van der Waals surface area contributed by atoms with Crippen molar-refractivity contribution in [3.8, 4) is 0 Å².